The molecule has 0 bridgehead atoms. The maximum atomic E-state index is 11.0. The van der Waals surface area contributed by atoms with Crippen molar-refractivity contribution in [2.24, 2.45) is 0 Å². The molecule has 3 heterocycles. The van der Waals surface area contributed by atoms with Crippen LogP contribution in [0.5, 0.6) is 0 Å². The lowest BCUT2D eigenvalue weighted by Crippen LogP contribution is -2.21. The van der Waals surface area contributed by atoms with Crippen molar-refractivity contribution in [2.75, 3.05) is 5.73 Å². The van der Waals surface area contributed by atoms with Crippen LogP contribution in [0, 0.1) is 0 Å². The number of pyridine rings is 1. The highest BCUT2D eigenvalue weighted by atomic mass is 16.3. The summed E-state index contributed by atoms with van der Waals surface area (Å²) in [6.45, 7) is 0. The molecule has 0 amide bonds. The number of hydrogen-bond acceptors (Lipinski definition) is 5. The maximum Gasteiger partial charge on any atom is 0.220 e. The number of nitrogens with zero attached hydrogens (tertiary/aromatic N) is 4. The van der Waals surface area contributed by atoms with Gasteiger partial charge in [0.15, 0.2) is 0 Å². The second-order valence-electron chi connectivity index (χ2n) is 7.25. The molecule has 0 aromatic carbocycles. The summed E-state index contributed by atoms with van der Waals surface area (Å²) in [6.07, 6.45) is 10.5. The van der Waals surface area contributed by atoms with Gasteiger partial charge in [-0.25, -0.2) is 15.0 Å². The molecule has 3 aromatic heterocycles. The Labute approximate surface area is 145 Å². The fourth-order valence-electron chi connectivity index (χ4n) is 4.30. The zero-order valence-corrected chi connectivity index (χ0v) is 14.1. The molecule has 0 spiro atoms. The molecule has 6 heteroatoms. The fraction of sp³-hybridized carbons (Fsp3) is 0.421. The normalized spacial score (nSPS) is 18.8. The van der Waals surface area contributed by atoms with Crippen LogP contribution >= 0.6 is 0 Å². The lowest BCUT2D eigenvalue weighted by atomic mass is 9.94. The predicted octanol–water partition coefficient (Wildman–Crippen LogP) is 2.62. The first-order chi connectivity index (χ1) is 12.1. The average Bonchev–Trinajstić information content (AvgIpc) is 3.15. The van der Waals surface area contributed by atoms with Gasteiger partial charge in [-0.15, -0.1) is 0 Å². The van der Waals surface area contributed by atoms with Crippen molar-refractivity contribution in [3.8, 4) is 11.4 Å². The number of hydrogen-bond donors (Lipinski definition) is 2. The van der Waals surface area contributed by atoms with Gasteiger partial charge in [0.1, 0.15) is 5.65 Å². The second kappa shape index (κ2) is 5.26. The van der Waals surface area contributed by atoms with Crippen LogP contribution in [0.2, 0.25) is 0 Å². The van der Waals surface area contributed by atoms with Crippen LogP contribution in [-0.2, 0) is 18.4 Å². The minimum absolute atomic E-state index is 0.284. The van der Waals surface area contributed by atoms with E-state index in [4.69, 9.17) is 10.7 Å². The van der Waals surface area contributed by atoms with Gasteiger partial charge in [0, 0.05) is 18.0 Å². The van der Waals surface area contributed by atoms with Crippen molar-refractivity contribution in [1.82, 2.24) is 19.4 Å². The predicted molar refractivity (Wildman–Crippen MR) is 95.0 cm³/mol. The number of nitrogens with two attached hydrogens (primary N) is 1. The molecular formula is C19H21N5O. The number of imidazole rings is 1. The van der Waals surface area contributed by atoms with Gasteiger partial charge in [-0.2, -0.15) is 0 Å². The van der Waals surface area contributed by atoms with E-state index in [2.05, 4.69) is 14.4 Å². The monoisotopic (exact) mass is 335 g/mol. The van der Waals surface area contributed by atoms with E-state index >= 15 is 0 Å². The summed E-state index contributed by atoms with van der Waals surface area (Å²) in [5.74, 6) is 0.284. The first-order valence-electron chi connectivity index (χ1n) is 9.00. The Morgan fingerprint density at radius 3 is 2.76 bits per heavy atom. The summed E-state index contributed by atoms with van der Waals surface area (Å²) in [7, 11) is 0. The summed E-state index contributed by atoms with van der Waals surface area (Å²) in [5, 5.41) is 11.0. The van der Waals surface area contributed by atoms with E-state index in [0.29, 0.717) is 0 Å². The quantitative estimate of drug-likeness (QED) is 0.713. The molecular weight excluding hydrogens is 314 g/mol. The van der Waals surface area contributed by atoms with Crippen LogP contribution in [0.4, 0.5) is 5.95 Å². The molecule has 6 nitrogen and oxygen atoms in total. The second-order valence-corrected chi connectivity index (χ2v) is 7.25. The first-order valence-corrected chi connectivity index (χ1v) is 9.00. The van der Waals surface area contributed by atoms with Crippen LogP contribution in [0.25, 0.3) is 17.0 Å². The molecule has 128 valence electrons. The topological polar surface area (TPSA) is 89.3 Å². The number of anilines is 1. The van der Waals surface area contributed by atoms with E-state index in [0.717, 1.165) is 78.8 Å². The van der Waals surface area contributed by atoms with Gasteiger partial charge in [0.2, 0.25) is 5.95 Å². The molecule has 0 saturated heterocycles. The smallest absolute Gasteiger partial charge is 0.220 e. The van der Waals surface area contributed by atoms with Gasteiger partial charge >= 0.3 is 0 Å². The number of rotatable bonds is 1. The van der Waals surface area contributed by atoms with Gasteiger partial charge in [0.05, 0.1) is 22.7 Å². The largest absolute Gasteiger partial charge is 0.385 e. The van der Waals surface area contributed by atoms with Gasteiger partial charge in [-0.05, 0) is 43.7 Å². The van der Waals surface area contributed by atoms with Crippen LogP contribution in [-0.4, -0.2) is 24.5 Å². The zero-order valence-electron chi connectivity index (χ0n) is 14.1. The molecule has 3 N–H and O–H groups in total. The van der Waals surface area contributed by atoms with Gasteiger partial charge in [0.25, 0.3) is 0 Å². The molecule has 3 aromatic rings. The SMILES string of the molecule is Nc1ncc2c(n1)-c1c(nc3ccc(C4(O)CCCC4)cn13)CCC2. The van der Waals surface area contributed by atoms with E-state index < -0.39 is 5.60 Å². The third kappa shape index (κ3) is 2.24. The van der Waals surface area contributed by atoms with Gasteiger partial charge in [-0.3, -0.25) is 4.40 Å². The molecule has 1 saturated carbocycles. The fourth-order valence-corrected chi connectivity index (χ4v) is 4.30. The Bertz CT molecular complexity index is 971. The highest BCUT2D eigenvalue weighted by Crippen LogP contribution is 2.39. The molecule has 2 aliphatic carbocycles. The average molecular weight is 335 g/mol. The molecule has 1 fully saturated rings. The van der Waals surface area contributed by atoms with Crippen molar-refractivity contribution in [3.05, 3.63) is 41.3 Å². The van der Waals surface area contributed by atoms with Crippen LogP contribution in [0.1, 0.15) is 48.9 Å². The minimum atomic E-state index is -0.719. The standard InChI is InChI=1S/C19H21N5O/c20-18-21-10-12-4-3-5-14-17(16(12)23-18)24-11-13(6-7-15(24)22-14)19(25)8-1-2-9-19/h6-7,10-11,25H,1-5,8-9H2,(H2,20,21,23). The molecule has 0 radical (unpaired) electrons. The number of aromatic nitrogens is 4. The molecule has 0 aliphatic heterocycles. The Balaban J connectivity index is 1.77. The van der Waals surface area contributed by atoms with Gasteiger partial charge < -0.3 is 10.8 Å². The maximum absolute atomic E-state index is 11.0. The number of aliphatic hydroxyl groups is 1. The summed E-state index contributed by atoms with van der Waals surface area (Å²) < 4.78 is 2.08. The van der Waals surface area contributed by atoms with Crippen molar-refractivity contribution in [1.29, 1.82) is 0 Å². The number of aryl methyl sites for hydroxylation is 2. The zero-order chi connectivity index (χ0) is 17.0. The van der Waals surface area contributed by atoms with E-state index in [9.17, 15) is 5.11 Å². The highest BCUT2D eigenvalue weighted by molar-refractivity contribution is 5.68. The van der Waals surface area contributed by atoms with Crippen LogP contribution in [0.15, 0.2) is 24.5 Å². The lowest BCUT2D eigenvalue weighted by molar-refractivity contribution is 0.0441. The summed E-state index contributed by atoms with van der Waals surface area (Å²) >= 11 is 0. The summed E-state index contributed by atoms with van der Waals surface area (Å²) in [4.78, 5) is 13.5. The Morgan fingerprint density at radius 1 is 1.08 bits per heavy atom. The first kappa shape index (κ1) is 14.8. The molecule has 0 unspecified atom stereocenters. The highest BCUT2D eigenvalue weighted by Gasteiger charge is 2.34. The summed E-state index contributed by atoms with van der Waals surface area (Å²) in [5.41, 5.74) is 11.0. The third-order valence-electron chi connectivity index (χ3n) is 5.63. The lowest BCUT2D eigenvalue weighted by Gasteiger charge is -2.22. The Morgan fingerprint density at radius 2 is 1.92 bits per heavy atom. The van der Waals surface area contributed by atoms with E-state index in [-0.39, 0.29) is 5.95 Å². The molecule has 2 aliphatic rings. The molecule has 5 rings (SSSR count). The van der Waals surface area contributed by atoms with Gasteiger partial charge in [-0.1, -0.05) is 18.9 Å². The van der Waals surface area contributed by atoms with Crippen molar-refractivity contribution < 1.29 is 5.11 Å². The molecule has 0 atom stereocenters. The van der Waals surface area contributed by atoms with Crippen molar-refractivity contribution in [2.45, 2.75) is 50.5 Å². The number of nitrogen functional groups attached to an aromatic ring is 1. The number of fused-ring (bicyclic) bond motifs is 5. The Kier molecular flexibility index (Phi) is 3.12. The van der Waals surface area contributed by atoms with Crippen molar-refractivity contribution in [3.63, 3.8) is 0 Å². The van der Waals surface area contributed by atoms with E-state index in [1.54, 1.807) is 0 Å². The van der Waals surface area contributed by atoms with Crippen LogP contribution < -0.4 is 5.73 Å². The van der Waals surface area contributed by atoms with Crippen molar-refractivity contribution >= 4 is 11.6 Å². The summed E-state index contributed by atoms with van der Waals surface area (Å²) in [6, 6.07) is 4.02. The van der Waals surface area contributed by atoms with Crippen LogP contribution in [0.3, 0.4) is 0 Å². The third-order valence-corrected chi connectivity index (χ3v) is 5.63. The van der Waals surface area contributed by atoms with E-state index in [1.165, 1.54) is 0 Å². The minimum Gasteiger partial charge on any atom is -0.385 e. The molecule has 25 heavy (non-hydrogen) atoms. The van der Waals surface area contributed by atoms with E-state index in [1.807, 2.05) is 24.5 Å². The Hall–Kier alpha value is -2.47.